The molecule has 0 N–H and O–H groups in total. The third-order valence-electron chi connectivity index (χ3n) is 11.5. The van der Waals surface area contributed by atoms with E-state index in [0.29, 0.717) is 13.2 Å². The summed E-state index contributed by atoms with van der Waals surface area (Å²) < 4.78 is 23.5. The Morgan fingerprint density at radius 1 is 0.414 bits per heavy atom. The maximum atomic E-state index is 6.20. The summed E-state index contributed by atoms with van der Waals surface area (Å²) in [5.41, 5.74) is 11.7. The zero-order valence-corrected chi connectivity index (χ0v) is 34.0. The van der Waals surface area contributed by atoms with Crippen LogP contribution in [0.3, 0.4) is 0 Å². The first-order valence-corrected chi connectivity index (χ1v) is 21.0. The SMILES string of the molecule is CCCC1(COCc2ccc(N(c3ccccc3)c3ccc(-c4ccc(N(c5ccccc5)c5ccc(COCC6(CCC)COC6)cc5)cc4)cc3)cc2)COC1. The predicted molar refractivity (Wildman–Crippen MR) is 237 cm³/mol. The quantitative estimate of drug-likeness (QED) is 0.0817. The molecule has 0 atom stereocenters. The van der Waals surface area contributed by atoms with Crippen molar-refractivity contribution < 1.29 is 18.9 Å². The predicted octanol–water partition coefficient (Wildman–Crippen LogP) is 13.0. The maximum Gasteiger partial charge on any atom is 0.0717 e. The lowest BCUT2D eigenvalue weighted by atomic mass is 9.82. The summed E-state index contributed by atoms with van der Waals surface area (Å²) in [7, 11) is 0. The van der Waals surface area contributed by atoms with E-state index in [9.17, 15) is 0 Å². The summed E-state index contributed by atoms with van der Waals surface area (Å²) in [6, 6.07) is 56.4. The van der Waals surface area contributed by atoms with E-state index in [4.69, 9.17) is 18.9 Å². The molecule has 6 nitrogen and oxygen atoms in total. The zero-order chi connectivity index (χ0) is 39.6. The van der Waals surface area contributed by atoms with Crippen LogP contribution in [-0.4, -0.2) is 39.6 Å². The molecule has 2 aliphatic heterocycles. The molecule has 0 spiro atoms. The first kappa shape index (κ1) is 39.6. The van der Waals surface area contributed by atoms with Gasteiger partial charge in [0.05, 0.1) is 52.9 Å². The minimum atomic E-state index is 0.197. The highest BCUT2D eigenvalue weighted by atomic mass is 16.5. The van der Waals surface area contributed by atoms with Crippen LogP contribution in [0.2, 0.25) is 0 Å². The van der Waals surface area contributed by atoms with Crippen LogP contribution in [0.5, 0.6) is 0 Å². The fourth-order valence-corrected chi connectivity index (χ4v) is 8.35. The maximum absolute atomic E-state index is 6.20. The number of hydrogen-bond acceptors (Lipinski definition) is 6. The third kappa shape index (κ3) is 9.22. The van der Waals surface area contributed by atoms with Crippen LogP contribution in [0.1, 0.15) is 50.7 Å². The Labute approximate surface area is 345 Å². The van der Waals surface area contributed by atoms with E-state index in [1.165, 1.54) is 22.3 Å². The summed E-state index contributed by atoms with van der Waals surface area (Å²) in [4.78, 5) is 4.61. The Bertz CT molecular complexity index is 1990. The molecule has 6 aromatic rings. The van der Waals surface area contributed by atoms with Gasteiger partial charge in [0.1, 0.15) is 0 Å². The molecule has 0 saturated carbocycles. The molecule has 0 unspecified atom stereocenters. The standard InChI is InChI=1S/C52H56N2O4/c1-3-31-51(37-57-38-51)35-55-33-41-15-23-47(24-16-41)53(45-11-7-5-8-12-45)49-27-19-43(20-28-49)44-21-29-50(30-22-44)54(46-13-9-6-10-14-46)48-25-17-42(18-26-48)34-56-36-52(32-4-2)39-58-40-52/h5-30H,3-4,31-40H2,1-2H3. The van der Waals surface area contributed by atoms with Crippen molar-refractivity contribution >= 4 is 34.1 Å². The largest absolute Gasteiger partial charge is 0.380 e. The molecule has 2 saturated heterocycles. The van der Waals surface area contributed by atoms with Gasteiger partial charge in [-0.25, -0.2) is 0 Å². The number of rotatable bonds is 19. The van der Waals surface area contributed by atoms with Gasteiger partial charge in [-0.3, -0.25) is 0 Å². The lowest BCUT2D eigenvalue weighted by Crippen LogP contribution is -2.46. The van der Waals surface area contributed by atoms with Gasteiger partial charge in [-0.2, -0.15) is 0 Å². The van der Waals surface area contributed by atoms with Crippen molar-refractivity contribution in [3.8, 4) is 11.1 Å². The molecule has 0 bridgehead atoms. The number of nitrogens with zero attached hydrogens (tertiary/aromatic N) is 2. The van der Waals surface area contributed by atoms with Crippen molar-refractivity contribution in [2.45, 2.75) is 52.7 Å². The lowest BCUT2D eigenvalue weighted by molar-refractivity contribution is -0.155. The number of para-hydroxylation sites is 2. The first-order valence-electron chi connectivity index (χ1n) is 21.0. The molecule has 0 radical (unpaired) electrons. The van der Waals surface area contributed by atoms with Gasteiger partial charge in [0, 0.05) is 45.0 Å². The Balaban J connectivity index is 0.962. The molecule has 6 heteroatoms. The first-order chi connectivity index (χ1) is 28.6. The summed E-state index contributed by atoms with van der Waals surface area (Å²) in [5, 5.41) is 0. The Morgan fingerprint density at radius 3 is 1.02 bits per heavy atom. The van der Waals surface area contributed by atoms with E-state index < -0.39 is 0 Å². The van der Waals surface area contributed by atoms with Gasteiger partial charge in [0.25, 0.3) is 0 Å². The van der Waals surface area contributed by atoms with Gasteiger partial charge < -0.3 is 28.7 Å². The fourth-order valence-electron chi connectivity index (χ4n) is 8.35. The second-order valence-electron chi connectivity index (χ2n) is 16.2. The molecular weight excluding hydrogens is 717 g/mol. The van der Waals surface area contributed by atoms with Crippen LogP contribution >= 0.6 is 0 Å². The molecule has 58 heavy (non-hydrogen) atoms. The molecule has 2 fully saturated rings. The van der Waals surface area contributed by atoms with Crippen molar-refractivity contribution in [3.63, 3.8) is 0 Å². The minimum Gasteiger partial charge on any atom is -0.380 e. The second kappa shape index (κ2) is 18.6. The number of hydrogen-bond donors (Lipinski definition) is 0. The van der Waals surface area contributed by atoms with E-state index in [2.05, 4.69) is 181 Å². The van der Waals surface area contributed by atoms with Crippen LogP contribution < -0.4 is 9.80 Å². The average molecular weight is 773 g/mol. The van der Waals surface area contributed by atoms with E-state index in [1.54, 1.807) is 0 Å². The van der Waals surface area contributed by atoms with Crippen molar-refractivity contribution in [1.29, 1.82) is 0 Å². The number of anilines is 6. The lowest BCUT2D eigenvalue weighted by Gasteiger charge is -2.41. The van der Waals surface area contributed by atoms with Crippen LogP contribution in [0, 0.1) is 10.8 Å². The van der Waals surface area contributed by atoms with Crippen LogP contribution in [0.15, 0.2) is 158 Å². The molecule has 0 aliphatic carbocycles. The second-order valence-corrected chi connectivity index (χ2v) is 16.2. The van der Waals surface area contributed by atoms with Gasteiger partial charge in [0.2, 0.25) is 0 Å². The highest BCUT2D eigenvalue weighted by molar-refractivity contribution is 5.80. The smallest absolute Gasteiger partial charge is 0.0717 e. The van der Waals surface area contributed by atoms with E-state index in [-0.39, 0.29) is 10.8 Å². The van der Waals surface area contributed by atoms with Gasteiger partial charge >= 0.3 is 0 Å². The molecular formula is C52H56N2O4. The van der Waals surface area contributed by atoms with Crippen molar-refractivity contribution in [1.82, 2.24) is 0 Å². The molecule has 2 aliphatic rings. The summed E-state index contributed by atoms with van der Waals surface area (Å²) in [6.07, 6.45) is 4.61. The van der Waals surface area contributed by atoms with Crippen LogP contribution in [0.4, 0.5) is 34.1 Å². The highest BCUT2D eigenvalue weighted by Gasteiger charge is 2.38. The van der Waals surface area contributed by atoms with Gasteiger partial charge in [-0.05, 0) is 108 Å². The van der Waals surface area contributed by atoms with Crippen molar-refractivity contribution in [2.24, 2.45) is 10.8 Å². The molecule has 8 rings (SSSR count). The topological polar surface area (TPSA) is 43.4 Å². The zero-order valence-electron chi connectivity index (χ0n) is 34.0. The highest BCUT2D eigenvalue weighted by Crippen LogP contribution is 2.39. The molecule has 0 aromatic heterocycles. The fraction of sp³-hybridized carbons (Fsp3) is 0.308. The van der Waals surface area contributed by atoms with Crippen LogP contribution in [0.25, 0.3) is 11.1 Å². The Hall–Kier alpha value is -5.24. The summed E-state index contributed by atoms with van der Waals surface area (Å²) in [5.74, 6) is 0. The van der Waals surface area contributed by atoms with E-state index in [0.717, 1.165) is 99.4 Å². The number of ether oxygens (including phenoxy) is 4. The third-order valence-corrected chi connectivity index (χ3v) is 11.5. The van der Waals surface area contributed by atoms with Gasteiger partial charge in [-0.1, -0.05) is 112 Å². The van der Waals surface area contributed by atoms with Gasteiger partial charge in [0.15, 0.2) is 0 Å². The molecule has 2 heterocycles. The Kier molecular flexibility index (Phi) is 12.7. The summed E-state index contributed by atoms with van der Waals surface area (Å²) in [6.45, 7) is 10.4. The molecule has 298 valence electrons. The number of benzene rings is 6. The van der Waals surface area contributed by atoms with E-state index in [1.807, 2.05) is 0 Å². The molecule has 0 amide bonds. The average Bonchev–Trinajstić information content (AvgIpc) is 3.24. The normalized spacial score (nSPS) is 15.3. The Morgan fingerprint density at radius 2 is 0.724 bits per heavy atom. The van der Waals surface area contributed by atoms with E-state index >= 15 is 0 Å². The van der Waals surface area contributed by atoms with Crippen molar-refractivity contribution in [2.75, 3.05) is 49.4 Å². The van der Waals surface area contributed by atoms with Gasteiger partial charge in [-0.15, -0.1) is 0 Å². The minimum absolute atomic E-state index is 0.197. The monoisotopic (exact) mass is 772 g/mol. The van der Waals surface area contributed by atoms with Crippen molar-refractivity contribution in [3.05, 3.63) is 169 Å². The van der Waals surface area contributed by atoms with Crippen LogP contribution in [-0.2, 0) is 32.2 Å². The summed E-state index contributed by atoms with van der Waals surface area (Å²) >= 11 is 0. The molecule has 6 aromatic carbocycles.